The average Bonchev–Trinajstić information content (AvgIpc) is 2.80. The average molecular weight is 223 g/mol. The maximum absolute atomic E-state index is 4.12. The van der Waals surface area contributed by atoms with E-state index in [9.17, 15) is 0 Å². The van der Waals surface area contributed by atoms with Crippen molar-refractivity contribution in [3.63, 3.8) is 0 Å². The zero-order chi connectivity index (χ0) is 11.4. The van der Waals surface area contributed by atoms with E-state index in [4.69, 9.17) is 0 Å². The van der Waals surface area contributed by atoms with Gasteiger partial charge in [-0.1, -0.05) is 0 Å². The third kappa shape index (κ3) is 3.02. The number of piperidine rings is 1. The van der Waals surface area contributed by atoms with E-state index in [1.165, 1.54) is 25.9 Å². The number of hydrogen-bond acceptors (Lipinski definition) is 4. The summed E-state index contributed by atoms with van der Waals surface area (Å²) >= 11 is 0. The van der Waals surface area contributed by atoms with Gasteiger partial charge in [-0.25, -0.2) is 4.98 Å². The number of rotatable bonds is 4. The molecule has 2 heterocycles. The van der Waals surface area contributed by atoms with E-state index >= 15 is 0 Å². The molecule has 16 heavy (non-hydrogen) atoms. The van der Waals surface area contributed by atoms with Crippen molar-refractivity contribution in [2.24, 2.45) is 0 Å². The number of hydrogen-bond donors (Lipinski definition) is 0. The topological polar surface area (TPSA) is 37.2 Å². The second-order valence-corrected chi connectivity index (χ2v) is 4.67. The summed E-state index contributed by atoms with van der Waals surface area (Å²) in [5, 5.41) is 4.12. The smallest absolute Gasteiger partial charge is 0.137 e. The fourth-order valence-corrected chi connectivity index (χ4v) is 2.23. The lowest BCUT2D eigenvalue weighted by Crippen LogP contribution is -2.42. The van der Waals surface area contributed by atoms with Crippen LogP contribution in [0.25, 0.3) is 0 Å². The Morgan fingerprint density at radius 2 is 2.12 bits per heavy atom. The quantitative estimate of drug-likeness (QED) is 0.736. The molecule has 0 amide bonds. The Balaban J connectivity index is 1.73. The van der Waals surface area contributed by atoms with Crippen LogP contribution in [-0.2, 0) is 6.54 Å². The highest BCUT2D eigenvalue weighted by atomic mass is 15.3. The van der Waals surface area contributed by atoms with Gasteiger partial charge in [0.2, 0.25) is 0 Å². The molecule has 0 aliphatic carbocycles. The first-order valence-corrected chi connectivity index (χ1v) is 5.97. The second-order valence-electron chi connectivity index (χ2n) is 4.67. The zero-order valence-electron chi connectivity index (χ0n) is 10.2. The van der Waals surface area contributed by atoms with Crippen molar-refractivity contribution >= 4 is 0 Å². The van der Waals surface area contributed by atoms with Gasteiger partial charge in [0.1, 0.15) is 12.7 Å². The minimum atomic E-state index is 0.736. The standard InChI is InChI=1S/C11H21N5/c1-14-5-3-11(4-6-14)15(2)7-8-16-10-12-9-13-16/h9-11H,3-8H2,1-2H3. The predicted octanol–water partition coefficient (Wildman–Crippen LogP) is 0.304. The zero-order valence-corrected chi connectivity index (χ0v) is 10.2. The molecule has 1 aromatic rings. The van der Waals surface area contributed by atoms with Gasteiger partial charge in [0.05, 0.1) is 6.54 Å². The van der Waals surface area contributed by atoms with E-state index in [0.29, 0.717) is 0 Å². The Bertz CT molecular complexity index is 289. The summed E-state index contributed by atoms with van der Waals surface area (Å²) in [6.07, 6.45) is 5.94. The molecule has 1 aliphatic rings. The number of aromatic nitrogens is 3. The Morgan fingerprint density at radius 3 is 2.75 bits per heavy atom. The summed E-state index contributed by atoms with van der Waals surface area (Å²) in [5.41, 5.74) is 0. The van der Waals surface area contributed by atoms with Crippen LogP contribution in [0.15, 0.2) is 12.7 Å². The summed E-state index contributed by atoms with van der Waals surface area (Å²) in [6, 6.07) is 0.736. The molecule has 1 aromatic heterocycles. The van der Waals surface area contributed by atoms with E-state index in [0.717, 1.165) is 19.1 Å². The summed E-state index contributed by atoms with van der Waals surface area (Å²) < 4.78 is 1.89. The largest absolute Gasteiger partial charge is 0.306 e. The van der Waals surface area contributed by atoms with Crippen molar-refractivity contribution < 1.29 is 0 Å². The van der Waals surface area contributed by atoms with E-state index < -0.39 is 0 Å². The van der Waals surface area contributed by atoms with Crippen LogP contribution in [-0.4, -0.2) is 64.3 Å². The third-order valence-corrected chi connectivity index (χ3v) is 3.46. The van der Waals surface area contributed by atoms with Crippen LogP contribution in [0.3, 0.4) is 0 Å². The Labute approximate surface area is 97.1 Å². The summed E-state index contributed by atoms with van der Waals surface area (Å²) in [6.45, 7) is 4.43. The first kappa shape index (κ1) is 11.5. The van der Waals surface area contributed by atoms with Gasteiger partial charge in [0.15, 0.2) is 0 Å². The monoisotopic (exact) mass is 223 g/mol. The molecule has 90 valence electrons. The lowest BCUT2D eigenvalue weighted by Gasteiger charge is -2.35. The van der Waals surface area contributed by atoms with Crippen molar-refractivity contribution in [1.82, 2.24) is 24.6 Å². The van der Waals surface area contributed by atoms with Crippen molar-refractivity contribution in [2.75, 3.05) is 33.7 Å². The van der Waals surface area contributed by atoms with Crippen molar-refractivity contribution in [3.8, 4) is 0 Å². The minimum absolute atomic E-state index is 0.736. The van der Waals surface area contributed by atoms with Gasteiger partial charge in [0.25, 0.3) is 0 Å². The molecular formula is C11H21N5. The Hall–Kier alpha value is -0.940. The highest BCUT2D eigenvalue weighted by molar-refractivity contribution is 4.76. The molecule has 2 rings (SSSR count). The molecule has 0 unspecified atom stereocenters. The number of likely N-dealkylation sites (N-methyl/N-ethyl adjacent to an activating group) is 1. The summed E-state index contributed by atoms with van der Waals surface area (Å²) in [7, 11) is 4.42. The second kappa shape index (κ2) is 5.41. The van der Waals surface area contributed by atoms with Gasteiger partial charge < -0.3 is 9.80 Å². The molecular weight excluding hydrogens is 202 g/mol. The molecule has 1 fully saturated rings. The van der Waals surface area contributed by atoms with Gasteiger partial charge >= 0.3 is 0 Å². The first-order chi connectivity index (χ1) is 7.75. The lowest BCUT2D eigenvalue weighted by molar-refractivity contribution is 0.140. The molecule has 5 heteroatoms. The highest BCUT2D eigenvalue weighted by Crippen LogP contribution is 2.13. The van der Waals surface area contributed by atoms with Gasteiger partial charge in [0, 0.05) is 12.6 Å². The molecule has 1 aliphatic heterocycles. The molecule has 1 saturated heterocycles. The molecule has 0 aromatic carbocycles. The lowest BCUT2D eigenvalue weighted by atomic mass is 10.0. The normalized spacial score (nSPS) is 19.4. The molecule has 0 N–H and O–H groups in total. The van der Waals surface area contributed by atoms with Crippen LogP contribution in [0.2, 0.25) is 0 Å². The minimum Gasteiger partial charge on any atom is -0.306 e. The van der Waals surface area contributed by atoms with E-state index in [2.05, 4.69) is 34.0 Å². The first-order valence-electron chi connectivity index (χ1n) is 5.97. The fourth-order valence-electron chi connectivity index (χ4n) is 2.23. The fraction of sp³-hybridized carbons (Fsp3) is 0.818. The molecule has 0 bridgehead atoms. The molecule has 0 spiro atoms. The maximum atomic E-state index is 4.12. The van der Waals surface area contributed by atoms with Crippen molar-refractivity contribution in [3.05, 3.63) is 12.7 Å². The molecule has 0 saturated carbocycles. The molecule has 0 radical (unpaired) electrons. The van der Waals surface area contributed by atoms with E-state index in [1.807, 2.05) is 4.68 Å². The van der Waals surface area contributed by atoms with Crippen molar-refractivity contribution in [1.29, 1.82) is 0 Å². The maximum Gasteiger partial charge on any atom is 0.137 e. The molecule has 5 nitrogen and oxygen atoms in total. The Morgan fingerprint density at radius 1 is 1.38 bits per heavy atom. The van der Waals surface area contributed by atoms with Gasteiger partial charge in [-0.3, -0.25) is 4.68 Å². The summed E-state index contributed by atoms with van der Waals surface area (Å²) in [4.78, 5) is 8.81. The van der Waals surface area contributed by atoms with Crippen LogP contribution in [0.1, 0.15) is 12.8 Å². The highest BCUT2D eigenvalue weighted by Gasteiger charge is 2.19. The van der Waals surface area contributed by atoms with Crippen molar-refractivity contribution in [2.45, 2.75) is 25.4 Å². The van der Waals surface area contributed by atoms with Crippen LogP contribution in [0.5, 0.6) is 0 Å². The van der Waals surface area contributed by atoms with Crippen LogP contribution >= 0.6 is 0 Å². The van der Waals surface area contributed by atoms with Gasteiger partial charge in [-0.05, 0) is 40.0 Å². The van der Waals surface area contributed by atoms with Gasteiger partial charge in [-0.2, -0.15) is 5.10 Å². The SMILES string of the molecule is CN1CCC(N(C)CCn2cncn2)CC1. The van der Waals surface area contributed by atoms with Crippen LogP contribution < -0.4 is 0 Å². The van der Waals surface area contributed by atoms with E-state index in [1.54, 1.807) is 12.7 Å². The number of likely N-dealkylation sites (tertiary alicyclic amines) is 1. The van der Waals surface area contributed by atoms with Crippen LogP contribution in [0, 0.1) is 0 Å². The Kier molecular flexibility index (Phi) is 3.90. The molecule has 0 atom stereocenters. The number of nitrogens with zero attached hydrogens (tertiary/aromatic N) is 5. The van der Waals surface area contributed by atoms with E-state index in [-0.39, 0.29) is 0 Å². The predicted molar refractivity (Wildman–Crippen MR) is 63.2 cm³/mol. The summed E-state index contributed by atoms with van der Waals surface area (Å²) in [5.74, 6) is 0. The third-order valence-electron chi connectivity index (χ3n) is 3.46. The van der Waals surface area contributed by atoms with Crippen LogP contribution in [0.4, 0.5) is 0 Å². The van der Waals surface area contributed by atoms with Gasteiger partial charge in [-0.15, -0.1) is 0 Å².